The van der Waals surface area contributed by atoms with Gasteiger partial charge in [-0.3, -0.25) is 9.59 Å². The first-order valence-corrected chi connectivity index (χ1v) is 17.3. The van der Waals surface area contributed by atoms with Crippen LogP contribution in [-0.2, 0) is 14.8 Å². The van der Waals surface area contributed by atoms with E-state index in [1.54, 1.807) is 49.4 Å². The highest BCUT2D eigenvalue weighted by Crippen LogP contribution is 2.29. The molecule has 0 spiro atoms. The highest BCUT2D eigenvalue weighted by atomic mass is 32.2. The van der Waals surface area contributed by atoms with Gasteiger partial charge in [-0.05, 0) is 87.7 Å². The molecule has 4 rings (SSSR count). The van der Waals surface area contributed by atoms with Crippen molar-refractivity contribution in [3.8, 4) is 5.75 Å². The minimum Gasteiger partial charge on any atom is -0.490 e. The third-order valence-electron chi connectivity index (χ3n) is 8.30. The maximum atomic E-state index is 14.3. The highest BCUT2D eigenvalue weighted by Gasteiger charge is 2.32. The van der Waals surface area contributed by atoms with Crippen LogP contribution in [0.4, 0.5) is 10.1 Å². The lowest BCUT2D eigenvalue weighted by molar-refractivity contribution is -0.00834. The monoisotopic (exact) mass is 669 g/mol. The van der Waals surface area contributed by atoms with Crippen molar-refractivity contribution < 1.29 is 37.0 Å². The molecule has 1 heterocycles. The van der Waals surface area contributed by atoms with Crippen LogP contribution in [0.15, 0.2) is 77.7 Å². The normalized spacial score (nSPS) is 20.5. The van der Waals surface area contributed by atoms with Crippen LogP contribution in [0.1, 0.15) is 60.7 Å². The zero-order chi connectivity index (χ0) is 34.1. The molecule has 0 aliphatic carbocycles. The zero-order valence-corrected chi connectivity index (χ0v) is 28.1. The topological polar surface area (TPSA) is 125 Å². The number of carbonyl (C=O) groups is 2. The van der Waals surface area contributed by atoms with Crippen molar-refractivity contribution in [2.45, 2.75) is 63.2 Å². The number of rotatable bonds is 8. The van der Waals surface area contributed by atoms with Crippen molar-refractivity contribution >= 4 is 27.5 Å². The summed E-state index contributed by atoms with van der Waals surface area (Å²) in [5.74, 6) is -1.30. The quantitative estimate of drug-likeness (QED) is 0.338. The van der Waals surface area contributed by atoms with Crippen molar-refractivity contribution in [3.05, 3.63) is 89.7 Å². The fraction of sp³-hybridized carbons (Fsp3) is 0.429. The summed E-state index contributed by atoms with van der Waals surface area (Å²) in [6, 6.07) is 17.7. The summed E-state index contributed by atoms with van der Waals surface area (Å²) in [6.07, 6.45) is 1.31. The number of aliphatic hydroxyl groups excluding tert-OH is 1. The standard InChI is InChI=1S/C35H44FN3O7S/c1-24-21-39(25(2)23-40)35(42)31-20-29(37-34(41)27-11-6-5-7-12-27)15-18-32(31)46-26(3)10-8-9-19-45-33(24)22-38(4)47(43,44)30-16-13-28(36)14-17-30/h5-7,11-18,20,24-26,33,40H,8-10,19,21-23H2,1-4H3,(H,37,41)/t24-,25-,26+,33+/m1/s1. The number of amides is 2. The molecule has 0 unspecified atom stereocenters. The van der Waals surface area contributed by atoms with E-state index in [1.807, 2.05) is 19.9 Å². The van der Waals surface area contributed by atoms with E-state index in [2.05, 4.69) is 5.32 Å². The number of anilines is 1. The molecule has 0 bridgehead atoms. The third-order valence-corrected chi connectivity index (χ3v) is 10.1. The molecule has 2 amide bonds. The van der Waals surface area contributed by atoms with Gasteiger partial charge in [0.25, 0.3) is 11.8 Å². The summed E-state index contributed by atoms with van der Waals surface area (Å²) in [4.78, 5) is 28.7. The van der Waals surface area contributed by atoms with Crippen LogP contribution >= 0.6 is 0 Å². The Morgan fingerprint density at radius 3 is 2.47 bits per heavy atom. The van der Waals surface area contributed by atoms with Crippen molar-refractivity contribution in [2.24, 2.45) is 5.92 Å². The van der Waals surface area contributed by atoms with Gasteiger partial charge >= 0.3 is 0 Å². The zero-order valence-electron chi connectivity index (χ0n) is 27.3. The first-order valence-electron chi connectivity index (χ1n) is 15.8. The molecule has 10 nitrogen and oxygen atoms in total. The SMILES string of the molecule is C[C@@H]1CN([C@H](C)CO)C(=O)c2cc(NC(=O)c3ccccc3)ccc2O[C@@H](C)CCCCO[C@H]1CN(C)S(=O)(=O)c1ccc(F)cc1. The Morgan fingerprint density at radius 2 is 1.79 bits per heavy atom. The number of hydrogen-bond donors (Lipinski definition) is 2. The van der Waals surface area contributed by atoms with Crippen molar-refractivity contribution in [3.63, 3.8) is 0 Å². The Kier molecular flexibility index (Phi) is 12.5. The van der Waals surface area contributed by atoms with Gasteiger partial charge in [0.05, 0.1) is 35.3 Å². The molecule has 0 fully saturated rings. The molecular formula is C35H44FN3O7S. The lowest BCUT2D eigenvalue weighted by atomic mass is 10.0. The summed E-state index contributed by atoms with van der Waals surface area (Å²) in [6.45, 7) is 5.68. The summed E-state index contributed by atoms with van der Waals surface area (Å²) >= 11 is 0. The fourth-order valence-corrected chi connectivity index (χ4v) is 6.58. The predicted molar refractivity (Wildman–Crippen MR) is 177 cm³/mol. The maximum absolute atomic E-state index is 14.3. The summed E-state index contributed by atoms with van der Waals surface area (Å²) in [7, 11) is -2.51. The molecule has 0 aromatic heterocycles. The Hall–Kier alpha value is -3.84. The van der Waals surface area contributed by atoms with Gasteiger partial charge in [-0.25, -0.2) is 12.8 Å². The van der Waals surface area contributed by atoms with E-state index >= 15 is 0 Å². The van der Waals surface area contributed by atoms with Gasteiger partial charge in [-0.1, -0.05) is 25.1 Å². The molecule has 3 aromatic rings. The molecule has 12 heteroatoms. The summed E-state index contributed by atoms with van der Waals surface area (Å²) in [5, 5.41) is 13.0. The van der Waals surface area contributed by atoms with E-state index < -0.39 is 33.9 Å². The molecule has 1 aliphatic heterocycles. The van der Waals surface area contributed by atoms with E-state index in [-0.39, 0.29) is 48.1 Å². The second-order valence-electron chi connectivity index (χ2n) is 12.1. The molecule has 0 saturated heterocycles. The lowest BCUT2D eigenvalue weighted by Crippen LogP contribution is -2.48. The number of halogens is 1. The lowest BCUT2D eigenvalue weighted by Gasteiger charge is -2.35. The molecule has 2 N–H and O–H groups in total. The van der Waals surface area contributed by atoms with Crippen LogP contribution in [0.2, 0.25) is 0 Å². The summed E-state index contributed by atoms with van der Waals surface area (Å²) in [5.41, 5.74) is 1.09. The Bertz CT molecular complexity index is 1610. The maximum Gasteiger partial charge on any atom is 0.258 e. The van der Waals surface area contributed by atoms with Crippen LogP contribution in [0.5, 0.6) is 5.75 Å². The Balaban J connectivity index is 1.65. The number of sulfonamides is 1. The molecule has 254 valence electrons. The highest BCUT2D eigenvalue weighted by molar-refractivity contribution is 7.89. The van der Waals surface area contributed by atoms with Crippen LogP contribution in [0.3, 0.4) is 0 Å². The number of carbonyl (C=O) groups excluding carboxylic acids is 2. The molecular weight excluding hydrogens is 625 g/mol. The van der Waals surface area contributed by atoms with Gasteiger partial charge in [0.2, 0.25) is 10.0 Å². The minimum atomic E-state index is -3.95. The van der Waals surface area contributed by atoms with Gasteiger partial charge in [-0.15, -0.1) is 0 Å². The number of aliphatic hydroxyl groups is 1. The molecule has 0 saturated carbocycles. The third kappa shape index (κ3) is 9.38. The van der Waals surface area contributed by atoms with Gasteiger partial charge in [-0.2, -0.15) is 4.31 Å². The second-order valence-corrected chi connectivity index (χ2v) is 14.1. The second kappa shape index (κ2) is 16.3. The average molecular weight is 670 g/mol. The van der Waals surface area contributed by atoms with Gasteiger partial charge in [0, 0.05) is 43.9 Å². The van der Waals surface area contributed by atoms with Crippen LogP contribution < -0.4 is 10.1 Å². The molecule has 1 aliphatic rings. The number of nitrogens with one attached hydrogen (secondary N) is 1. The molecule has 4 atom stereocenters. The predicted octanol–water partition coefficient (Wildman–Crippen LogP) is 5.19. The first-order chi connectivity index (χ1) is 22.4. The van der Waals surface area contributed by atoms with E-state index in [1.165, 1.54) is 28.4 Å². The minimum absolute atomic E-state index is 0.0117. The number of fused-ring (bicyclic) bond motifs is 1. The van der Waals surface area contributed by atoms with Crippen LogP contribution in [0.25, 0.3) is 0 Å². The molecule has 3 aromatic carbocycles. The van der Waals surface area contributed by atoms with E-state index in [0.29, 0.717) is 36.4 Å². The smallest absolute Gasteiger partial charge is 0.258 e. The van der Waals surface area contributed by atoms with Crippen LogP contribution in [-0.4, -0.2) is 86.1 Å². The summed E-state index contributed by atoms with van der Waals surface area (Å²) < 4.78 is 53.9. The molecule has 0 radical (unpaired) electrons. The number of nitrogens with zero attached hydrogens (tertiary/aromatic N) is 2. The number of likely N-dealkylation sites (N-methyl/N-ethyl adjacent to an activating group) is 1. The van der Waals surface area contributed by atoms with Gasteiger partial charge in [0.1, 0.15) is 11.6 Å². The molecule has 47 heavy (non-hydrogen) atoms. The largest absolute Gasteiger partial charge is 0.490 e. The van der Waals surface area contributed by atoms with Crippen LogP contribution in [0, 0.1) is 11.7 Å². The van der Waals surface area contributed by atoms with E-state index in [9.17, 15) is 27.5 Å². The fourth-order valence-electron chi connectivity index (χ4n) is 5.39. The number of benzene rings is 3. The van der Waals surface area contributed by atoms with Crippen molar-refractivity contribution in [1.29, 1.82) is 0 Å². The Labute approximate surface area is 276 Å². The Morgan fingerprint density at radius 1 is 1.09 bits per heavy atom. The van der Waals surface area contributed by atoms with Gasteiger partial charge in [0.15, 0.2) is 0 Å². The first kappa shape index (κ1) is 36.0. The van der Waals surface area contributed by atoms with E-state index in [4.69, 9.17) is 9.47 Å². The number of ether oxygens (including phenoxy) is 2. The van der Waals surface area contributed by atoms with E-state index in [0.717, 1.165) is 18.6 Å². The number of hydrogen-bond acceptors (Lipinski definition) is 7. The van der Waals surface area contributed by atoms with Crippen molar-refractivity contribution in [2.75, 3.05) is 38.7 Å². The average Bonchev–Trinajstić information content (AvgIpc) is 3.06. The van der Waals surface area contributed by atoms with Crippen molar-refractivity contribution in [1.82, 2.24) is 9.21 Å². The van der Waals surface area contributed by atoms with Gasteiger partial charge < -0.3 is 24.8 Å².